The molecule has 0 aliphatic carbocycles. The summed E-state index contributed by atoms with van der Waals surface area (Å²) >= 11 is 0. The molecule has 0 bridgehead atoms. The highest BCUT2D eigenvalue weighted by Gasteiger charge is 2.24. The number of ether oxygens (including phenoxy) is 1. The zero-order chi connectivity index (χ0) is 9.73. The van der Waals surface area contributed by atoms with E-state index < -0.39 is 0 Å². The monoisotopic (exact) mass is 185 g/mol. The van der Waals surface area contributed by atoms with Gasteiger partial charge in [-0.25, -0.2) is 0 Å². The Morgan fingerprint density at radius 1 is 1.23 bits per heavy atom. The van der Waals surface area contributed by atoms with Crippen LogP contribution in [0.15, 0.2) is 0 Å². The van der Waals surface area contributed by atoms with Gasteiger partial charge in [0.25, 0.3) is 0 Å². The molecule has 1 fully saturated rings. The molecular formula is C11H23NO. The molecule has 1 heterocycles. The van der Waals surface area contributed by atoms with Crippen LogP contribution in [0.5, 0.6) is 0 Å². The van der Waals surface area contributed by atoms with Crippen molar-refractivity contribution in [3.63, 3.8) is 0 Å². The van der Waals surface area contributed by atoms with Crippen molar-refractivity contribution < 1.29 is 4.74 Å². The lowest BCUT2D eigenvalue weighted by molar-refractivity contribution is 0.116. The summed E-state index contributed by atoms with van der Waals surface area (Å²) in [4.78, 5) is 2.56. The molecule has 1 saturated heterocycles. The van der Waals surface area contributed by atoms with Crippen LogP contribution in [0, 0.1) is 5.41 Å². The Morgan fingerprint density at radius 2 is 1.85 bits per heavy atom. The molecule has 13 heavy (non-hydrogen) atoms. The van der Waals surface area contributed by atoms with Crippen molar-refractivity contribution in [2.75, 3.05) is 33.4 Å². The fraction of sp³-hybridized carbons (Fsp3) is 1.00. The van der Waals surface area contributed by atoms with Crippen LogP contribution in [-0.4, -0.2) is 38.3 Å². The van der Waals surface area contributed by atoms with Gasteiger partial charge in [-0.2, -0.15) is 0 Å². The predicted octanol–water partition coefficient (Wildman–Crippen LogP) is 2.14. The number of hydrogen-bond acceptors (Lipinski definition) is 2. The van der Waals surface area contributed by atoms with E-state index in [1.54, 1.807) is 7.11 Å². The van der Waals surface area contributed by atoms with Crippen LogP contribution >= 0.6 is 0 Å². The van der Waals surface area contributed by atoms with Gasteiger partial charge in [-0.15, -0.1) is 0 Å². The molecule has 2 heteroatoms. The minimum Gasteiger partial charge on any atom is -0.385 e. The van der Waals surface area contributed by atoms with Crippen LogP contribution in [0.1, 0.15) is 33.1 Å². The molecule has 0 radical (unpaired) electrons. The SMILES string of the molecule is COCCCN1CCC(C)(C)CC1. The van der Waals surface area contributed by atoms with Crippen molar-refractivity contribution in [2.45, 2.75) is 33.1 Å². The average Bonchev–Trinajstić information content (AvgIpc) is 2.08. The van der Waals surface area contributed by atoms with Gasteiger partial charge < -0.3 is 9.64 Å². The number of likely N-dealkylation sites (tertiary alicyclic amines) is 1. The Kier molecular flexibility index (Phi) is 4.20. The number of piperidine rings is 1. The first-order valence-corrected chi connectivity index (χ1v) is 5.35. The Morgan fingerprint density at radius 3 is 2.38 bits per heavy atom. The first-order chi connectivity index (χ1) is 6.14. The topological polar surface area (TPSA) is 12.5 Å². The zero-order valence-electron chi connectivity index (χ0n) is 9.31. The van der Waals surface area contributed by atoms with Gasteiger partial charge in [0, 0.05) is 20.3 Å². The second kappa shape index (κ2) is 4.97. The van der Waals surface area contributed by atoms with Gasteiger partial charge in [0.05, 0.1) is 0 Å². The quantitative estimate of drug-likeness (QED) is 0.622. The predicted molar refractivity (Wildman–Crippen MR) is 55.9 cm³/mol. The van der Waals surface area contributed by atoms with Gasteiger partial charge in [0.15, 0.2) is 0 Å². The lowest BCUT2D eigenvalue weighted by Crippen LogP contribution is -2.38. The maximum absolute atomic E-state index is 5.05. The summed E-state index contributed by atoms with van der Waals surface area (Å²) in [5.74, 6) is 0. The lowest BCUT2D eigenvalue weighted by Gasteiger charge is -2.36. The third-order valence-electron chi connectivity index (χ3n) is 3.03. The second-order valence-electron chi connectivity index (χ2n) is 4.85. The summed E-state index contributed by atoms with van der Waals surface area (Å²) in [5, 5.41) is 0. The average molecular weight is 185 g/mol. The number of methoxy groups -OCH3 is 1. The second-order valence-corrected chi connectivity index (χ2v) is 4.85. The molecule has 0 aromatic rings. The van der Waals surface area contributed by atoms with E-state index in [1.165, 1.54) is 38.9 Å². The van der Waals surface area contributed by atoms with E-state index in [2.05, 4.69) is 18.7 Å². The third-order valence-corrected chi connectivity index (χ3v) is 3.03. The van der Waals surface area contributed by atoms with Gasteiger partial charge >= 0.3 is 0 Å². The molecule has 0 unspecified atom stereocenters. The fourth-order valence-corrected chi connectivity index (χ4v) is 1.81. The van der Waals surface area contributed by atoms with Crippen molar-refractivity contribution in [3.05, 3.63) is 0 Å². The Hall–Kier alpha value is -0.0800. The summed E-state index contributed by atoms with van der Waals surface area (Å²) in [6, 6.07) is 0. The van der Waals surface area contributed by atoms with E-state index >= 15 is 0 Å². The standard InChI is InChI=1S/C11H23NO/c1-11(2)5-8-12(9-6-11)7-4-10-13-3/h4-10H2,1-3H3. The van der Waals surface area contributed by atoms with Gasteiger partial charge in [-0.05, 0) is 37.8 Å². The summed E-state index contributed by atoms with van der Waals surface area (Å²) in [5.41, 5.74) is 0.581. The molecular weight excluding hydrogens is 162 g/mol. The first-order valence-electron chi connectivity index (χ1n) is 5.35. The number of nitrogens with zero attached hydrogens (tertiary/aromatic N) is 1. The molecule has 1 aliphatic heterocycles. The molecule has 0 aromatic carbocycles. The molecule has 2 nitrogen and oxygen atoms in total. The van der Waals surface area contributed by atoms with Crippen LogP contribution in [0.2, 0.25) is 0 Å². The molecule has 0 N–H and O–H groups in total. The highest BCUT2D eigenvalue weighted by Crippen LogP contribution is 2.29. The smallest absolute Gasteiger partial charge is 0.0474 e. The summed E-state index contributed by atoms with van der Waals surface area (Å²) in [6.07, 6.45) is 3.87. The van der Waals surface area contributed by atoms with Crippen molar-refractivity contribution in [1.29, 1.82) is 0 Å². The third kappa shape index (κ3) is 4.10. The Balaban J connectivity index is 2.11. The summed E-state index contributed by atoms with van der Waals surface area (Å²) in [7, 11) is 1.78. The van der Waals surface area contributed by atoms with E-state index in [9.17, 15) is 0 Å². The van der Waals surface area contributed by atoms with Gasteiger partial charge in [-0.1, -0.05) is 13.8 Å². The van der Waals surface area contributed by atoms with E-state index in [4.69, 9.17) is 4.74 Å². The minimum absolute atomic E-state index is 0.581. The maximum Gasteiger partial charge on any atom is 0.0474 e. The summed E-state index contributed by atoms with van der Waals surface area (Å²) < 4.78 is 5.05. The molecule has 0 aromatic heterocycles. The summed E-state index contributed by atoms with van der Waals surface area (Å²) in [6.45, 7) is 9.41. The Bertz CT molecular complexity index is 135. The van der Waals surface area contributed by atoms with Crippen LogP contribution in [0.4, 0.5) is 0 Å². The van der Waals surface area contributed by atoms with Gasteiger partial charge in [0.1, 0.15) is 0 Å². The van der Waals surface area contributed by atoms with E-state index in [0.29, 0.717) is 5.41 Å². The van der Waals surface area contributed by atoms with E-state index in [-0.39, 0.29) is 0 Å². The van der Waals surface area contributed by atoms with Crippen LogP contribution in [0.3, 0.4) is 0 Å². The zero-order valence-corrected chi connectivity index (χ0v) is 9.31. The molecule has 78 valence electrons. The lowest BCUT2D eigenvalue weighted by atomic mass is 9.83. The maximum atomic E-state index is 5.05. The van der Waals surface area contributed by atoms with Crippen LogP contribution < -0.4 is 0 Å². The first kappa shape index (κ1) is 11.0. The van der Waals surface area contributed by atoms with Gasteiger partial charge in [-0.3, -0.25) is 0 Å². The molecule has 0 saturated carbocycles. The van der Waals surface area contributed by atoms with Crippen molar-refractivity contribution >= 4 is 0 Å². The highest BCUT2D eigenvalue weighted by atomic mass is 16.5. The Labute approximate surface area is 82.3 Å². The van der Waals surface area contributed by atoms with E-state index in [1.807, 2.05) is 0 Å². The van der Waals surface area contributed by atoms with Crippen molar-refractivity contribution in [1.82, 2.24) is 4.90 Å². The minimum atomic E-state index is 0.581. The van der Waals surface area contributed by atoms with E-state index in [0.717, 1.165) is 6.61 Å². The van der Waals surface area contributed by atoms with Gasteiger partial charge in [0.2, 0.25) is 0 Å². The van der Waals surface area contributed by atoms with Crippen LogP contribution in [-0.2, 0) is 4.74 Å². The number of rotatable bonds is 4. The number of hydrogen-bond donors (Lipinski definition) is 0. The largest absolute Gasteiger partial charge is 0.385 e. The van der Waals surface area contributed by atoms with Crippen LogP contribution in [0.25, 0.3) is 0 Å². The molecule has 0 amide bonds. The van der Waals surface area contributed by atoms with Crippen molar-refractivity contribution in [3.8, 4) is 0 Å². The normalized spacial score (nSPS) is 23.3. The highest BCUT2D eigenvalue weighted by molar-refractivity contribution is 4.78. The molecule has 0 spiro atoms. The van der Waals surface area contributed by atoms with Crippen molar-refractivity contribution in [2.24, 2.45) is 5.41 Å². The molecule has 1 aliphatic rings. The molecule has 0 atom stereocenters. The fourth-order valence-electron chi connectivity index (χ4n) is 1.81. The molecule has 1 rings (SSSR count).